The second kappa shape index (κ2) is 2.51. The maximum atomic E-state index is 6.41. The van der Waals surface area contributed by atoms with Gasteiger partial charge in [0.05, 0.1) is 6.26 Å². The number of hydrogen-bond donors (Lipinski definition) is 1. The van der Waals surface area contributed by atoms with Crippen LogP contribution in [0.5, 0.6) is 0 Å². The molecular formula is C14H15NO. The summed E-state index contributed by atoms with van der Waals surface area (Å²) in [6.45, 7) is 0. The maximum absolute atomic E-state index is 6.41. The van der Waals surface area contributed by atoms with Gasteiger partial charge in [0.2, 0.25) is 0 Å². The summed E-state index contributed by atoms with van der Waals surface area (Å²) in [4.78, 5) is 0. The quantitative estimate of drug-likeness (QED) is 0.833. The third kappa shape index (κ3) is 0.957. The van der Waals surface area contributed by atoms with Crippen LogP contribution in [0.4, 0.5) is 0 Å². The van der Waals surface area contributed by atoms with Crippen molar-refractivity contribution in [3.8, 4) is 0 Å². The molecule has 0 aliphatic heterocycles. The normalized spacial score (nSPS) is 24.6. The number of nitrogens with two attached hydrogens (primary N) is 1. The first-order valence-electron chi connectivity index (χ1n) is 6.00. The van der Waals surface area contributed by atoms with E-state index in [0.29, 0.717) is 5.41 Å². The second-order valence-corrected chi connectivity index (χ2v) is 5.41. The van der Waals surface area contributed by atoms with E-state index in [1.807, 2.05) is 6.07 Å². The van der Waals surface area contributed by atoms with Crippen molar-refractivity contribution in [2.75, 3.05) is 0 Å². The summed E-state index contributed by atoms with van der Waals surface area (Å²) >= 11 is 0. The van der Waals surface area contributed by atoms with E-state index in [1.54, 1.807) is 6.26 Å². The lowest BCUT2D eigenvalue weighted by Crippen LogP contribution is -2.37. The summed E-state index contributed by atoms with van der Waals surface area (Å²) in [5.41, 5.74) is 9.20. The number of hydrogen-bond acceptors (Lipinski definition) is 2. The fourth-order valence-electron chi connectivity index (χ4n) is 3.08. The lowest BCUT2D eigenvalue weighted by atomic mass is 9.86. The van der Waals surface area contributed by atoms with Crippen molar-refractivity contribution in [1.82, 2.24) is 0 Å². The zero-order valence-electron chi connectivity index (χ0n) is 9.20. The fourth-order valence-corrected chi connectivity index (χ4v) is 3.08. The number of fused-ring (bicyclic) bond motifs is 1. The molecule has 2 N–H and O–H groups in total. The Kier molecular flexibility index (Phi) is 1.39. The van der Waals surface area contributed by atoms with Gasteiger partial charge in [-0.05, 0) is 49.4 Å². The highest BCUT2D eigenvalue weighted by atomic mass is 16.3. The van der Waals surface area contributed by atoms with E-state index in [9.17, 15) is 0 Å². The van der Waals surface area contributed by atoms with Crippen molar-refractivity contribution in [3.05, 3.63) is 36.1 Å². The predicted octanol–water partition coefficient (Wildman–Crippen LogP) is 2.96. The zero-order chi connectivity index (χ0) is 10.8. The summed E-state index contributed by atoms with van der Waals surface area (Å²) in [5, 5.41) is 1.20. The molecule has 16 heavy (non-hydrogen) atoms. The molecule has 2 saturated carbocycles. The first-order chi connectivity index (χ1) is 7.74. The molecule has 2 heteroatoms. The third-order valence-corrected chi connectivity index (χ3v) is 4.50. The van der Waals surface area contributed by atoms with E-state index in [1.165, 1.54) is 36.6 Å². The molecule has 2 aliphatic carbocycles. The molecule has 1 aromatic carbocycles. The van der Waals surface area contributed by atoms with Gasteiger partial charge in [-0.25, -0.2) is 0 Å². The van der Waals surface area contributed by atoms with Crippen LogP contribution < -0.4 is 5.73 Å². The van der Waals surface area contributed by atoms with Crippen LogP contribution in [0.1, 0.15) is 31.2 Å². The highest BCUT2D eigenvalue weighted by Gasteiger charge is 2.63. The molecule has 82 valence electrons. The van der Waals surface area contributed by atoms with Gasteiger partial charge in [-0.1, -0.05) is 6.07 Å². The lowest BCUT2D eigenvalue weighted by Gasteiger charge is -2.23. The molecule has 0 atom stereocenters. The third-order valence-electron chi connectivity index (χ3n) is 4.50. The molecule has 1 aromatic heterocycles. The van der Waals surface area contributed by atoms with Crippen LogP contribution in [0.3, 0.4) is 0 Å². The molecule has 0 unspecified atom stereocenters. The Morgan fingerprint density at radius 3 is 2.56 bits per heavy atom. The molecule has 0 amide bonds. The minimum atomic E-state index is 0.102. The smallest absolute Gasteiger partial charge is 0.133 e. The van der Waals surface area contributed by atoms with Gasteiger partial charge < -0.3 is 10.2 Å². The van der Waals surface area contributed by atoms with Crippen molar-refractivity contribution in [2.24, 2.45) is 5.73 Å². The maximum Gasteiger partial charge on any atom is 0.133 e. The first kappa shape index (κ1) is 8.82. The van der Waals surface area contributed by atoms with Gasteiger partial charge in [0.25, 0.3) is 0 Å². The molecule has 0 saturated heterocycles. The minimum Gasteiger partial charge on any atom is -0.464 e. The van der Waals surface area contributed by atoms with Gasteiger partial charge in [-0.15, -0.1) is 0 Å². The highest BCUT2D eigenvalue weighted by molar-refractivity contribution is 5.78. The van der Waals surface area contributed by atoms with Crippen LogP contribution in [0, 0.1) is 0 Å². The molecule has 1 heterocycles. The van der Waals surface area contributed by atoms with Crippen LogP contribution in [0.2, 0.25) is 0 Å². The van der Waals surface area contributed by atoms with Crippen LogP contribution in [0.15, 0.2) is 34.9 Å². The summed E-state index contributed by atoms with van der Waals surface area (Å²) < 4.78 is 5.38. The lowest BCUT2D eigenvalue weighted by molar-refractivity contribution is 0.503. The van der Waals surface area contributed by atoms with E-state index in [-0.39, 0.29) is 5.54 Å². The van der Waals surface area contributed by atoms with E-state index in [4.69, 9.17) is 10.2 Å². The van der Waals surface area contributed by atoms with Gasteiger partial charge in [-0.3, -0.25) is 0 Å². The predicted molar refractivity (Wildman–Crippen MR) is 63.3 cm³/mol. The largest absolute Gasteiger partial charge is 0.464 e. The zero-order valence-corrected chi connectivity index (χ0v) is 9.20. The van der Waals surface area contributed by atoms with Crippen molar-refractivity contribution in [1.29, 1.82) is 0 Å². The molecule has 2 nitrogen and oxygen atoms in total. The molecule has 0 radical (unpaired) electrons. The minimum absolute atomic E-state index is 0.102. The van der Waals surface area contributed by atoms with Gasteiger partial charge in [-0.2, -0.15) is 0 Å². The molecule has 2 aromatic rings. The highest BCUT2D eigenvalue weighted by Crippen LogP contribution is 2.63. The molecule has 0 bridgehead atoms. The Morgan fingerprint density at radius 2 is 1.88 bits per heavy atom. The Balaban J connectivity index is 1.87. The van der Waals surface area contributed by atoms with Crippen LogP contribution in [-0.2, 0) is 5.41 Å². The average Bonchev–Trinajstić information content (AvgIpc) is 3.18. The topological polar surface area (TPSA) is 39.2 Å². The van der Waals surface area contributed by atoms with E-state index >= 15 is 0 Å². The number of furan rings is 1. The first-order valence-corrected chi connectivity index (χ1v) is 6.00. The van der Waals surface area contributed by atoms with Gasteiger partial charge >= 0.3 is 0 Å². The van der Waals surface area contributed by atoms with Crippen LogP contribution in [0.25, 0.3) is 11.0 Å². The van der Waals surface area contributed by atoms with Crippen LogP contribution >= 0.6 is 0 Å². The van der Waals surface area contributed by atoms with Gasteiger partial charge in [0, 0.05) is 16.3 Å². The van der Waals surface area contributed by atoms with E-state index < -0.39 is 0 Å². The Bertz CT molecular complexity index is 561. The van der Waals surface area contributed by atoms with Gasteiger partial charge in [0.1, 0.15) is 5.58 Å². The second-order valence-electron chi connectivity index (χ2n) is 5.41. The molecule has 2 aliphatic rings. The number of benzene rings is 1. The van der Waals surface area contributed by atoms with E-state index in [2.05, 4.69) is 18.2 Å². The average molecular weight is 213 g/mol. The summed E-state index contributed by atoms with van der Waals surface area (Å²) in [7, 11) is 0. The SMILES string of the molecule is NC1(C2(c3ccc4occc4c3)CC2)CC1. The van der Waals surface area contributed by atoms with Crippen LogP contribution in [-0.4, -0.2) is 5.54 Å². The summed E-state index contributed by atoms with van der Waals surface area (Å²) in [6.07, 6.45) is 6.65. The standard InChI is InChI=1S/C14H15NO/c15-14(6-7-14)13(4-5-13)11-1-2-12-10(9-11)3-8-16-12/h1-3,8-9H,4-7,15H2. The Labute approximate surface area is 94.4 Å². The molecule has 2 fully saturated rings. The Hall–Kier alpha value is -1.28. The monoisotopic (exact) mass is 213 g/mol. The number of rotatable bonds is 2. The summed E-state index contributed by atoms with van der Waals surface area (Å²) in [5.74, 6) is 0. The van der Waals surface area contributed by atoms with Crippen molar-refractivity contribution in [2.45, 2.75) is 36.6 Å². The fraction of sp³-hybridized carbons (Fsp3) is 0.429. The molecule has 4 rings (SSSR count). The summed E-state index contributed by atoms with van der Waals surface area (Å²) in [6, 6.07) is 8.58. The molecule has 0 spiro atoms. The Morgan fingerprint density at radius 1 is 1.06 bits per heavy atom. The van der Waals surface area contributed by atoms with E-state index in [0.717, 1.165) is 5.58 Å². The van der Waals surface area contributed by atoms with Crippen molar-refractivity contribution in [3.63, 3.8) is 0 Å². The molecular weight excluding hydrogens is 198 g/mol. The van der Waals surface area contributed by atoms with Gasteiger partial charge in [0.15, 0.2) is 0 Å². The van der Waals surface area contributed by atoms with Crippen molar-refractivity contribution < 1.29 is 4.42 Å². The van der Waals surface area contributed by atoms with Crippen molar-refractivity contribution >= 4 is 11.0 Å².